The number of ether oxygens (including phenoxy) is 1. The molecule has 0 atom stereocenters. The van der Waals surface area contributed by atoms with Gasteiger partial charge in [-0.25, -0.2) is 4.39 Å². The minimum atomic E-state index is -0.392. The number of hydrogen-bond donors (Lipinski definition) is 1. The zero-order valence-corrected chi connectivity index (χ0v) is 12.1. The number of nitrogens with two attached hydrogens (primary N) is 1. The Morgan fingerprint density at radius 2 is 1.75 bits per heavy atom. The molecule has 0 saturated heterocycles. The fourth-order valence-electron chi connectivity index (χ4n) is 2.05. The van der Waals surface area contributed by atoms with Gasteiger partial charge >= 0.3 is 0 Å². The van der Waals surface area contributed by atoms with Gasteiger partial charge < -0.3 is 10.5 Å². The normalized spacial score (nSPS) is 11.4. The van der Waals surface area contributed by atoms with Crippen LogP contribution in [-0.2, 0) is 12.0 Å². The lowest BCUT2D eigenvalue weighted by Crippen LogP contribution is -2.12. The van der Waals surface area contributed by atoms with Crippen molar-refractivity contribution in [3.05, 3.63) is 59.4 Å². The Kier molecular flexibility index (Phi) is 4.09. The van der Waals surface area contributed by atoms with Crippen LogP contribution in [0.1, 0.15) is 31.9 Å². The van der Waals surface area contributed by atoms with Gasteiger partial charge in [-0.3, -0.25) is 0 Å². The molecular formula is C17H20FNO. The maximum Gasteiger partial charge on any atom is 0.166 e. The first-order valence-corrected chi connectivity index (χ1v) is 6.67. The van der Waals surface area contributed by atoms with Crippen molar-refractivity contribution in [3.63, 3.8) is 0 Å². The van der Waals surface area contributed by atoms with Gasteiger partial charge in [-0.15, -0.1) is 0 Å². The van der Waals surface area contributed by atoms with Crippen molar-refractivity contribution in [2.45, 2.75) is 32.7 Å². The molecule has 2 rings (SSSR count). The van der Waals surface area contributed by atoms with Crippen LogP contribution in [0.5, 0.6) is 11.5 Å². The van der Waals surface area contributed by atoms with Gasteiger partial charge in [-0.1, -0.05) is 45.0 Å². The maximum atomic E-state index is 14.0. The van der Waals surface area contributed by atoms with Crippen molar-refractivity contribution < 1.29 is 9.13 Å². The lowest BCUT2D eigenvalue weighted by molar-refractivity contribution is 0.424. The van der Waals surface area contributed by atoms with Crippen LogP contribution in [0.25, 0.3) is 0 Å². The molecule has 0 heterocycles. The van der Waals surface area contributed by atoms with E-state index >= 15 is 0 Å². The van der Waals surface area contributed by atoms with E-state index in [0.717, 1.165) is 11.1 Å². The van der Waals surface area contributed by atoms with Gasteiger partial charge in [0, 0.05) is 12.1 Å². The third-order valence-electron chi connectivity index (χ3n) is 3.15. The van der Waals surface area contributed by atoms with Gasteiger partial charge in [0.2, 0.25) is 0 Å². The molecule has 0 spiro atoms. The highest BCUT2D eigenvalue weighted by atomic mass is 19.1. The third kappa shape index (κ3) is 3.17. The molecule has 0 aliphatic heterocycles. The molecule has 0 aromatic heterocycles. The summed E-state index contributed by atoms with van der Waals surface area (Å²) in [6.45, 7) is 6.62. The molecular weight excluding hydrogens is 253 g/mol. The van der Waals surface area contributed by atoms with E-state index in [-0.39, 0.29) is 11.2 Å². The molecule has 2 nitrogen and oxygen atoms in total. The van der Waals surface area contributed by atoms with E-state index in [2.05, 4.69) is 20.8 Å². The van der Waals surface area contributed by atoms with Crippen LogP contribution in [0.15, 0.2) is 42.5 Å². The number of rotatable bonds is 3. The van der Waals surface area contributed by atoms with Crippen molar-refractivity contribution in [3.8, 4) is 11.5 Å². The summed E-state index contributed by atoms with van der Waals surface area (Å²) in [4.78, 5) is 0. The van der Waals surface area contributed by atoms with Gasteiger partial charge in [0.25, 0.3) is 0 Å². The number of para-hydroxylation sites is 1. The lowest BCUT2D eigenvalue weighted by Gasteiger charge is -2.22. The quantitative estimate of drug-likeness (QED) is 0.901. The second-order valence-corrected chi connectivity index (χ2v) is 5.82. The van der Waals surface area contributed by atoms with E-state index in [1.54, 1.807) is 12.1 Å². The van der Waals surface area contributed by atoms with E-state index in [9.17, 15) is 4.39 Å². The molecule has 0 unspecified atom stereocenters. The molecule has 0 aliphatic rings. The first kappa shape index (κ1) is 14.5. The molecule has 2 aromatic rings. The summed E-state index contributed by atoms with van der Waals surface area (Å²) < 4.78 is 19.7. The average molecular weight is 273 g/mol. The molecule has 106 valence electrons. The molecule has 0 radical (unpaired) electrons. The predicted octanol–water partition coefficient (Wildman–Crippen LogP) is 4.37. The van der Waals surface area contributed by atoms with Crippen LogP contribution in [0.2, 0.25) is 0 Å². The van der Waals surface area contributed by atoms with Gasteiger partial charge in [0.1, 0.15) is 5.75 Å². The summed E-state index contributed by atoms with van der Waals surface area (Å²) in [7, 11) is 0. The highest BCUT2D eigenvalue weighted by molar-refractivity contribution is 5.42. The second-order valence-electron chi connectivity index (χ2n) is 5.82. The zero-order valence-electron chi connectivity index (χ0n) is 12.1. The van der Waals surface area contributed by atoms with E-state index in [0.29, 0.717) is 12.3 Å². The van der Waals surface area contributed by atoms with Crippen molar-refractivity contribution in [1.29, 1.82) is 0 Å². The number of benzene rings is 2. The maximum absolute atomic E-state index is 14.0. The Morgan fingerprint density at radius 1 is 1.05 bits per heavy atom. The van der Waals surface area contributed by atoms with Crippen LogP contribution in [0.3, 0.4) is 0 Å². The first-order chi connectivity index (χ1) is 9.41. The predicted molar refractivity (Wildman–Crippen MR) is 79.5 cm³/mol. The molecule has 0 saturated carbocycles. The molecule has 3 heteroatoms. The Labute approximate surface area is 119 Å². The highest BCUT2D eigenvalue weighted by Crippen LogP contribution is 2.34. The summed E-state index contributed by atoms with van der Waals surface area (Å²) >= 11 is 0. The highest BCUT2D eigenvalue weighted by Gasteiger charge is 2.19. The molecule has 2 aromatic carbocycles. The fourth-order valence-corrected chi connectivity index (χ4v) is 2.05. The van der Waals surface area contributed by atoms with Crippen LogP contribution in [-0.4, -0.2) is 0 Å². The standard InChI is InChI=1S/C17H20FNO/c1-17(2,3)13-6-4-5-7-15(13)20-16-9-8-12(11-19)10-14(16)18/h4-10H,11,19H2,1-3H3. The van der Waals surface area contributed by atoms with E-state index in [1.807, 2.05) is 24.3 Å². The Hall–Kier alpha value is -1.87. The largest absolute Gasteiger partial charge is 0.454 e. The smallest absolute Gasteiger partial charge is 0.166 e. The van der Waals surface area contributed by atoms with Crippen LogP contribution in [0.4, 0.5) is 4.39 Å². The van der Waals surface area contributed by atoms with Crippen LogP contribution < -0.4 is 10.5 Å². The lowest BCUT2D eigenvalue weighted by atomic mass is 9.86. The summed E-state index contributed by atoms with van der Waals surface area (Å²) in [6, 6.07) is 12.5. The average Bonchev–Trinajstić information content (AvgIpc) is 2.40. The Bertz CT molecular complexity index is 602. The monoisotopic (exact) mass is 273 g/mol. The van der Waals surface area contributed by atoms with Gasteiger partial charge in [-0.05, 0) is 29.2 Å². The molecule has 0 amide bonds. The van der Waals surface area contributed by atoms with Gasteiger partial charge in [0.15, 0.2) is 11.6 Å². The molecule has 0 bridgehead atoms. The van der Waals surface area contributed by atoms with Crippen molar-refractivity contribution in [2.24, 2.45) is 5.73 Å². The zero-order chi connectivity index (χ0) is 14.8. The fraction of sp³-hybridized carbons (Fsp3) is 0.294. The Morgan fingerprint density at radius 3 is 2.35 bits per heavy atom. The molecule has 2 N–H and O–H groups in total. The minimum absolute atomic E-state index is 0.0652. The molecule has 20 heavy (non-hydrogen) atoms. The van der Waals surface area contributed by atoms with Crippen molar-refractivity contribution in [2.75, 3.05) is 0 Å². The summed E-state index contributed by atoms with van der Waals surface area (Å²) in [5, 5.41) is 0. The second kappa shape index (κ2) is 5.63. The molecule has 0 fully saturated rings. The first-order valence-electron chi connectivity index (χ1n) is 6.67. The SMILES string of the molecule is CC(C)(C)c1ccccc1Oc1ccc(CN)cc1F. The van der Waals surface area contributed by atoms with E-state index in [4.69, 9.17) is 10.5 Å². The van der Waals surface area contributed by atoms with Crippen LogP contribution in [0, 0.1) is 5.82 Å². The third-order valence-corrected chi connectivity index (χ3v) is 3.15. The molecule has 0 aliphatic carbocycles. The van der Waals surface area contributed by atoms with Crippen molar-refractivity contribution in [1.82, 2.24) is 0 Å². The Balaban J connectivity index is 2.36. The van der Waals surface area contributed by atoms with E-state index < -0.39 is 5.82 Å². The minimum Gasteiger partial charge on any atom is -0.454 e. The van der Waals surface area contributed by atoms with Crippen LogP contribution >= 0.6 is 0 Å². The summed E-state index contributed by atoms with van der Waals surface area (Å²) in [5.74, 6) is 0.509. The topological polar surface area (TPSA) is 35.2 Å². The summed E-state index contributed by atoms with van der Waals surface area (Å²) in [5.41, 5.74) is 7.22. The van der Waals surface area contributed by atoms with Gasteiger partial charge in [0.05, 0.1) is 0 Å². The summed E-state index contributed by atoms with van der Waals surface area (Å²) in [6.07, 6.45) is 0. The van der Waals surface area contributed by atoms with Gasteiger partial charge in [-0.2, -0.15) is 0 Å². The number of halogens is 1. The van der Waals surface area contributed by atoms with E-state index in [1.165, 1.54) is 6.07 Å². The number of hydrogen-bond acceptors (Lipinski definition) is 2. The van der Waals surface area contributed by atoms with Crippen molar-refractivity contribution >= 4 is 0 Å².